The number of hydrogen-bond donors (Lipinski definition) is 2. The first kappa shape index (κ1) is 20.8. The number of nitrogens with zero attached hydrogens (tertiary/aromatic N) is 1. The highest BCUT2D eigenvalue weighted by Crippen LogP contribution is 2.38. The number of aliphatic imine (C=N–C) groups is 1. The predicted octanol–water partition coefficient (Wildman–Crippen LogP) is 1.15. The fourth-order valence-corrected chi connectivity index (χ4v) is 4.00. The third kappa shape index (κ3) is 4.54. The molecule has 8 nitrogen and oxygen atoms in total. The lowest BCUT2D eigenvalue weighted by Crippen LogP contribution is -2.57. The largest absolute Gasteiger partial charge is 0.455 e. The van der Waals surface area contributed by atoms with Crippen molar-refractivity contribution in [2.45, 2.75) is 56.2 Å². The van der Waals surface area contributed by atoms with E-state index in [4.69, 9.17) is 14.2 Å². The molecule has 1 saturated heterocycles. The third-order valence-electron chi connectivity index (χ3n) is 4.14. The Morgan fingerprint density at radius 1 is 1.21 bits per heavy atom. The molecule has 2 aliphatic heterocycles. The van der Waals surface area contributed by atoms with Gasteiger partial charge in [0.15, 0.2) is 11.1 Å². The summed E-state index contributed by atoms with van der Waals surface area (Å²) >= 11 is 1.03. The first-order valence-corrected chi connectivity index (χ1v) is 9.76. The predicted molar refractivity (Wildman–Crippen MR) is 102 cm³/mol. The molecule has 1 aromatic carbocycles. The van der Waals surface area contributed by atoms with Gasteiger partial charge in [-0.05, 0) is 32.9 Å². The number of rotatable bonds is 4. The highest BCUT2D eigenvalue weighted by Gasteiger charge is 2.51. The number of hydrogen-bond acceptors (Lipinski definition) is 9. The highest BCUT2D eigenvalue weighted by molar-refractivity contribution is 8.16. The van der Waals surface area contributed by atoms with E-state index in [2.05, 4.69) is 4.99 Å². The van der Waals surface area contributed by atoms with E-state index in [0.717, 1.165) is 11.8 Å². The van der Waals surface area contributed by atoms with Gasteiger partial charge in [0, 0.05) is 0 Å². The van der Waals surface area contributed by atoms with E-state index in [1.165, 1.54) is 0 Å². The van der Waals surface area contributed by atoms with Crippen LogP contribution in [-0.2, 0) is 19.0 Å². The molecule has 0 aromatic heterocycles. The van der Waals surface area contributed by atoms with Gasteiger partial charge in [-0.2, -0.15) is 0 Å². The van der Waals surface area contributed by atoms with Gasteiger partial charge in [0.2, 0.25) is 0 Å². The minimum atomic E-state index is -1.24. The van der Waals surface area contributed by atoms with E-state index in [0.29, 0.717) is 5.56 Å². The molecule has 0 bridgehead atoms. The van der Waals surface area contributed by atoms with Gasteiger partial charge in [0.1, 0.15) is 29.3 Å². The molecule has 2 N–H and O–H groups in total. The molecule has 1 fully saturated rings. The number of thioether (sulfide) groups is 1. The monoisotopic (exact) mass is 409 g/mol. The van der Waals surface area contributed by atoms with Gasteiger partial charge in [-0.1, -0.05) is 30.0 Å². The zero-order valence-electron chi connectivity index (χ0n) is 15.8. The molecule has 2 aliphatic rings. The molecule has 0 unspecified atom stereocenters. The summed E-state index contributed by atoms with van der Waals surface area (Å²) in [7, 11) is 0. The quantitative estimate of drug-likeness (QED) is 0.712. The molecule has 2 heterocycles. The number of carbonyl (C=O) groups excluding carboxylic acids is 2. The second-order valence-corrected chi connectivity index (χ2v) is 8.58. The lowest BCUT2D eigenvalue weighted by molar-refractivity contribution is -0.166. The number of ether oxygens (including phenoxy) is 3. The molecule has 5 atom stereocenters. The minimum Gasteiger partial charge on any atom is -0.455 e. The average Bonchev–Trinajstić information content (AvgIpc) is 3.07. The number of aliphatic hydroxyl groups is 2. The van der Waals surface area contributed by atoms with Crippen LogP contribution in [0.5, 0.6) is 0 Å². The van der Waals surface area contributed by atoms with Crippen molar-refractivity contribution in [1.82, 2.24) is 0 Å². The van der Waals surface area contributed by atoms with Crippen LogP contribution in [0.4, 0.5) is 0 Å². The fourth-order valence-electron chi connectivity index (χ4n) is 2.90. The van der Waals surface area contributed by atoms with Crippen LogP contribution in [0.25, 0.3) is 0 Å². The van der Waals surface area contributed by atoms with E-state index in [1.807, 2.05) is 0 Å². The number of fused-ring (bicyclic) bond motifs is 1. The SMILES string of the molecule is CC(C)(C)OC(=O)C1=N[C@@H]2[C@@H](O)[C@H](OC(=O)c3ccccc3)[C@@H](CO)O[C@@H]2S1. The van der Waals surface area contributed by atoms with E-state index >= 15 is 0 Å². The van der Waals surface area contributed by atoms with Crippen LogP contribution in [0.15, 0.2) is 35.3 Å². The maximum atomic E-state index is 12.4. The van der Waals surface area contributed by atoms with Crippen LogP contribution in [0.3, 0.4) is 0 Å². The highest BCUT2D eigenvalue weighted by atomic mass is 32.2. The van der Waals surface area contributed by atoms with Crippen molar-refractivity contribution in [3.8, 4) is 0 Å². The van der Waals surface area contributed by atoms with Crippen molar-refractivity contribution >= 4 is 28.7 Å². The lowest BCUT2D eigenvalue weighted by Gasteiger charge is -2.39. The Labute approximate surface area is 166 Å². The smallest absolute Gasteiger partial charge is 0.363 e. The molecule has 0 aliphatic carbocycles. The molecule has 0 radical (unpaired) electrons. The van der Waals surface area contributed by atoms with Crippen LogP contribution in [0, 0.1) is 0 Å². The summed E-state index contributed by atoms with van der Waals surface area (Å²) < 4.78 is 16.5. The molecule has 3 rings (SSSR count). The molecule has 28 heavy (non-hydrogen) atoms. The zero-order valence-corrected chi connectivity index (χ0v) is 16.6. The average molecular weight is 409 g/mol. The molecule has 9 heteroatoms. The number of benzene rings is 1. The summed E-state index contributed by atoms with van der Waals surface area (Å²) in [5.74, 6) is -1.26. The Hall–Kier alpha value is -1.94. The summed E-state index contributed by atoms with van der Waals surface area (Å²) in [4.78, 5) is 28.8. The molecular weight excluding hydrogens is 386 g/mol. The van der Waals surface area contributed by atoms with E-state index in [9.17, 15) is 19.8 Å². The van der Waals surface area contributed by atoms with Gasteiger partial charge >= 0.3 is 11.9 Å². The Morgan fingerprint density at radius 2 is 1.89 bits per heavy atom. The van der Waals surface area contributed by atoms with Gasteiger partial charge < -0.3 is 24.4 Å². The molecular formula is C19H23NO7S. The Kier molecular flexibility index (Phi) is 6.09. The van der Waals surface area contributed by atoms with Crippen molar-refractivity contribution in [2.75, 3.05) is 6.61 Å². The van der Waals surface area contributed by atoms with Gasteiger partial charge in [-0.25, -0.2) is 9.59 Å². The van der Waals surface area contributed by atoms with Gasteiger partial charge in [0.05, 0.1) is 12.2 Å². The summed E-state index contributed by atoms with van der Waals surface area (Å²) in [5, 5.41) is 20.5. The first-order valence-electron chi connectivity index (χ1n) is 8.88. The van der Waals surface area contributed by atoms with Crippen LogP contribution in [0.2, 0.25) is 0 Å². The third-order valence-corrected chi connectivity index (χ3v) is 5.26. The van der Waals surface area contributed by atoms with Crippen molar-refractivity contribution in [3.05, 3.63) is 35.9 Å². The molecule has 152 valence electrons. The topological polar surface area (TPSA) is 115 Å². The molecule has 0 spiro atoms. The van der Waals surface area contributed by atoms with Crippen LogP contribution >= 0.6 is 11.8 Å². The first-order chi connectivity index (χ1) is 13.2. The zero-order chi connectivity index (χ0) is 20.5. The van der Waals surface area contributed by atoms with Crippen molar-refractivity contribution in [1.29, 1.82) is 0 Å². The van der Waals surface area contributed by atoms with Gasteiger partial charge in [0.25, 0.3) is 0 Å². The van der Waals surface area contributed by atoms with Crippen molar-refractivity contribution in [2.24, 2.45) is 4.99 Å². The standard InChI is InChI=1S/C19H23NO7S/c1-19(2,3)27-17(24)15-20-12-13(22)14(11(9-21)25-18(12)28-15)26-16(23)10-7-5-4-6-8-10/h4-8,11-14,18,21-22H,9H2,1-3H3/t11-,12-,13-,14-,18-/m1/s1. The van der Waals surface area contributed by atoms with Crippen LogP contribution in [0.1, 0.15) is 31.1 Å². The second kappa shape index (κ2) is 8.20. The Bertz CT molecular complexity index is 761. The van der Waals surface area contributed by atoms with Gasteiger partial charge in [-0.3, -0.25) is 4.99 Å². The Balaban J connectivity index is 1.75. The van der Waals surface area contributed by atoms with Crippen molar-refractivity contribution < 1.29 is 34.0 Å². The molecule has 1 aromatic rings. The van der Waals surface area contributed by atoms with E-state index < -0.39 is 53.9 Å². The fraction of sp³-hybridized carbons (Fsp3) is 0.526. The summed E-state index contributed by atoms with van der Waals surface area (Å²) in [6, 6.07) is 7.49. The summed E-state index contributed by atoms with van der Waals surface area (Å²) in [6.07, 6.45) is -3.30. The lowest BCUT2D eigenvalue weighted by atomic mass is 9.98. The maximum absolute atomic E-state index is 12.4. The second-order valence-electron chi connectivity index (χ2n) is 7.50. The van der Waals surface area contributed by atoms with E-state index in [1.54, 1.807) is 51.1 Å². The normalized spacial score (nSPS) is 29.6. The minimum absolute atomic E-state index is 0.0794. The van der Waals surface area contributed by atoms with Crippen molar-refractivity contribution in [3.63, 3.8) is 0 Å². The number of esters is 2. The van der Waals surface area contributed by atoms with E-state index in [-0.39, 0.29) is 5.04 Å². The molecule has 0 saturated carbocycles. The Morgan fingerprint density at radius 3 is 2.50 bits per heavy atom. The summed E-state index contributed by atoms with van der Waals surface area (Å²) in [5.41, 5.74) is -1.05. The number of carbonyl (C=O) groups is 2. The van der Waals surface area contributed by atoms with Crippen LogP contribution < -0.4 is 0 Å². The maximum Gasteiger partial charge on any atom is 0.363 e. The summed E-state index contributed by atoms with van der Waals surface area (Å²) in [6.45, 7) is 4.76. The van der Waals surface area contributed by atoms with Crippen LogP contribution in [-0.4, -0.2) is 69.2 Å². The van der Waals surface area contributed by atoms with Gasteiger partial charge in [-0.15, -0.1) is 0 Å². The molecule has 0 amide bonds. The number of aliphatic hydroxyl groups excluding tert-OH is 2.